The van der Waals surface area contributed by atoms with Gasteiger partial charge in [-0.1, -0.05) is 18.2 Å². The Morgan fingerprint density at radius 2 is 2.11 bits per heavy atom. The van der Waals surface area contributed by atoms with E-state index in [2.05, 4.69) is 10.3 Å². The number of carboxylic acids is 1. The van der Waals surface area contributed by atoms with Crippen LogP contribution >= 0.6 is 0 Å². The molecular formula is C14H16N2O3. The fourth-order valence-electron chi connectivity index (χ4n) is 1.91. The van der Waals surface area contributed by atoms with E-state index in [0.29, 0.717) is 12.1 Å². The molecule has 1 amide bonds. The van der Waals surface area contributed by atoms with Crippen LogP contribution < -0.4 is 5.32 Å². The summed E-state index contributed by atoms with van der Waals surface area (Å²) < 4.78 is 0. The van der Waals surface area contributed by atoms with Gasteiger partial charge in [-0.15, -0.1) is 0 Å². The predicted molar refractivity (Wildman–Crippen MR) is 72.1 cm³/mol. The number of H-pyrrole nitrogens is 1. The smallest absolute Gasteiger partial charge is 0.303 e. The van der Waals surface area contributed by atoms with Gasteiger partial charge in [-0.05, 0) is 25.5 Å². The molecular weight excluding hydrogens is 244 g/mol. The number of hydrogen-bond donors (Lipinski definition) is 3. The van der Waals surface area contributed by atoms with Crippen LogP contribution in [0.1, 0.15) is 30.3 Å². The number of aliphatic carboxylic acids is 1. The molecule has 19 heavy (non-hydrogen) atoms. The lowest BCUT2D eigenvalue weighted by Gasteiger charge is -2.11. The van der Waals surface area contributed by atoms with E-state index in [4.69, 9.17) is 5.11 Å². The third kappa shape index (κ3) is 3.34. The number of para-hydroxylation sites is 1. The van der Waals surface area contributed by atoms with Crippen molar-refractivity contribution in [2.24, 2.45) is 0 Å². The molecule has 0 radical (unpaired) electrons. The number of rotatable bonds is 5. The molecule has 0 aliphatic rings. The summed E-state index contributed by atoms with van der Waals surface area (Å²) in [6.45, 7) is 1.80. The van der Waals surface area contributed by atoms with E-state index in [0.717, 1.165) is 10.9 Å². The first-order valence-corrected chi connectivity index (χ1v) is 6.16. The standard InChI is InChI=1S/C14H16N2O3/c1-9(6-7-13(17)18)15-14(19)12-8-10-4-2-3-5-11(10)16-12/h2-5,8-9,16H,6-7H2,1H3,(H,15,19)(H,17,18)/t9-/m0/s1. The molecule has 5 nitrogen and oxygen atoms in total. The van der Waals surface area contributed by atoms with Gasteiger partial charge in [0, 0.05) is 23.4 Å². The molecule has 1 heterocycles. The molecule has 1 aromatic carbocycles. The summed E-state index contributed by atoms with van der Waals surface area (Å²) in [6, 6.07) is 9.25. The van der Waals surface area contributed by atoms with Gasteiger partial charge in [-0.2, -0.15) is 0 Å². The van der Waals surface area contributed by atoms with Crippen LogP contribution in [0.4, 0.5) is 0 Å². The Labute approximate surface area is 110 Å². The lowest BCUT2D eigenvalue weighted by atomic mass is 10.2. The van der Waals surface area contributed by atoms with Gasteiger partial charge in [-0.3, -0.25) is 9.59 Å². The summed E-state index contributed by atoms with van der Waals surface area (Å²) in [6.07, 6.45) is 0.468. The van der Waals surface area contributed by atoms with E-state index in [1.807, 2.05) is 24.3 Å². The maximum absolute atomic E-state index is 12.0. The third-order valence-electron chi connectivity index (χ3n) is 2.94. The minimum Gasteiger partial charge on any atom is -0.481 e. The van der Waals surface area contributed by atoms with Gasteiger partial charge in [0.05, 0.1) is 0 Å². The SMILES string of the molecule is C[C@@H](CCC(=O)O)NC(=O)c1cc2ccccc2[nH]1. The maximum Gasteiger partial charge on any atom is 0.303 e. The average Bonchev–Trinajstić information content (AvgIpc) is 2.80. The molecule has 0 aliphatic carbocycles. The highest BCUT2D eigenvalue weighted by Gasteiger charge is 2.13. The number of hydrogen-bond acceptors (Lipinski definition) is 2. The number of benzene rings is 1. The van der Waals surface area contributed by atoms with Crippen LogP contribution in [0.5, 0.6) is 0 Å². The van der Waals surface area contributed by atoms with Crippen molar-refractivity contribution >= 4 is 22.8 Å². The number of amides is 1. The summed E-state index contributed by atoms with van der Waals surface area (Å²) in [7, 11) is 0. The number of aromatic amines is 1. The summed E-state index contributed by atoms with van der Waals surface area (Å²) in [5.74, 6) is -1.07. The quantitative estimate of drug-likeness (QED) is 0.770. The minimum atomic E-state index is -0.855. The van der Waals surface area contributed by atoms with Crippen molar-refractivity contribution in [3.8, 4) is 0 Å². The second-order valence-electron chi connectivity index (χ2n) is 4.58. The van der Waals surface area contributed by atoms with Crippen molar-refractivity contribution < 1.29 is 14.7 Å². The Balaban J connectivity index is 2.01. The minimum absolute atomic E-state index is 0.0498. The van der Waals surface area contributed by atoms with E-state index in [9.17, 15) is 9.59 Å². The van der Waals surface area contributed by atoms with Gasteiger partial charge in [0.2, 0.25) is 0 Å². The van der Waals surface area contributed by atoms with E-state index in [1.165, 1.54) is 0 Å². The fraction of sp³-hybridized carbons (Fsp3) is 0.286. The van der Waals surface area contributed by atoms with Crippen LogP contribution in [0.25, 0.3) is 10.9 Å². The van der Waals surface area contributed by atoms with Crippen LogP contribution in [-0.4, -0.2) is 28.0 Å². The Hall–Kier alpha value is -2.30. The predicted octanol–water partition coefficient (Wildman–Crippen LogP) is 2.15. The topological polar surface area (TPSA) is 82.2 Å². The molecule has 3 N–H and O–H groups in total. The molecule has 2 rings (SSSR count). The van der Waals surface area contributed by atoms with Gasteiger partial charge in [0.15, 0.2) is 0 Å². The molecule has 0 bridgehead atoms. The largest absolute Gasteiger partial charge is 0.481 e. The van der Waals surface area contributed by atoms with Crippen LogP contribution in [0, 0.1) is 0 Å². The molecule has 0 unspecified atom stereocenters. The first kappa shape index (κ1) is 13.1. The highest BCUT2D eigenvalue weighted by molar-refractivity contribution is 5.98. The molecule has 100 valence electrons. The molecule has 1 aromatic heterocycles. The van der Waals surface area contributed by atoms with E-state index < -0.39 is 5.97 Å². The molecule has 1 atom stereocenters. The number of fused-ring (bicyclic) bond motifs is 1. The summed E-state index contributed by atoms with van der Waals surface area (Å²) in [4.78, 5) is 25.5. The first-order chi connectivity index (χ1) is 9.06. The van der Waals surface area contributed by atoms with Crippen LogP contribution in [0.2, 0.25) is 0 Å². The number of carboxylic acid groups (broad SMARTS) is 1. The molecule has 0 spiro atoms. The van der Waals surface area contributed by atoms with E-state index in [-0.39, 0.29) is 18.4 Å². The normalized spacial score (nSPS) is 12.3. The molecule has 5 heteroatoms. The van der Waals surface area contributed by atoms with Crippen molar-refractivity contribution in [1.29, 1.82) is 0 Å². The van der Waals surface area contributed by atoms with Crippen LogP contribution in [-0.2, 0) is 4.79 Å². The zero-order valence-electron chi connectivity index (χ0n) is 10.6. The van der Waals surface area contributed by atoms with E-state index in [1.54, 1.807) is 13.0 Å². The molecule has 2 aromatic rings. The second-order valence-corrected chi connectivity index (χ2v) is 4.58. The van der Waals surface area contributed by atoms with Gasteiger partial charge in [-0.25, -0.2) is 0 Å². The summed E-state index contributed by atoms with van der Waals surface area (Å²) in [5.41, 5.74) is 1.40. The monoisotopic (exact) mass is 260 g/mol. The lowest BCUT2D eigenvalue weighted by Crippen LogP contribution is -2.33. The number of carbonyl (C=O) groups is 2. The summed E-state index contributed by atoms with van der Waals surface area (Å²) >= 11 is 0. The highest BCUT2D eigenvalue weighted by atomic mass is 16.4. The zero-order valence-corrected chi connectivity index (χ0v) is 10.6. The Bertz CT molecular complexity index is 571. The van der Waals surface area contributed by atoms with Crippen LogP contribution in [0.15, 0.2) is 30.3 Å². The Morgan fingerprint density at radius 3 is 2.79 bits per heavy atom. The van der Waals surface area contributed by atoms with Gasteiger partial charge >= 0.3 is 5.97 Å². The van der Waals surface area contributed by atoms with Gasteiger partial charge in [0.1, 0.15) is 5.69 Å². The maximum atomic E-state index is 12.0. The van der Waals surface area contributed by atoms with Gasteiger partial charge < -0.3 is 15.4 Å². The summed E-state index contributed by atoms with van der Waals surface area (Å²) in [5, 5.41) is 12.3. The molecule has 0 saturated carbocycles. The third-order valence-corrected chi connectivity index (χ3v) is 2.94. The average molecular weight is 260 g/mol. The number of aromatic nitrogens is 1. The van der Waals surface area contributed by atoms with Crippen molar-refractivity contribution in [2.75, 3.05) is 0 Å². The number of nitrogens with one attached hydrogen (secondary N) is 2. The van der Waals surface area contributed by atoms with Crippen molar-refractivity contribution in [3.05, 3.63) is 36.0 Å². The van der Waals surface area contributed by atoms with Crippen molar-refractivity contribution in [1.82, 2.24) is 10.3 Å². The van der Waals surface area contributed by atoms with Crippen molar-refractivity contribution in [3.63, 3.8) is 0 Å². The zero-order chi connectivity index (χ0) is 13.8. The first-order valence-electron chi connectivity index (χ1n) is 6.16. The number of carbonyl (C=O) groups excluding carboxylic acids is 1. The van der Waals surface area contributed by atoms with Gasteiger partial charge in [0.25, 0.3) is 5.91 Å². The second kappa shape index (κ2) is 5.56. The Kier molecular flexibility index (Phi) is 3.85. The van der Waals surface area contributed by atoms with E-state index >= 15 is 0 Å². The van der Waals surface area contributed by atoms with Crippen LogP contribution in [0.3, 0.4) is 0 Å². The molecule has 0 aliphatic heterocycles. The molecule has 0 fully saturated rings. The highest BCUT2D eigenvalue weighted by Crippen LogP contribution is 2.14. The fourth-order valence-corrected chi connectivity index (χ4v) is 1.91. The Morgan fingerprint density at radius 1 is 1.37 bits per heavy atom. The molecule has 0 saturated heterocycles. The van der Waals surface area contributed by atoms with Crippen molar-refractivity contribution in [2.45, 2.75) is 25.8 Å². The lowest BCUT2D eigenvalue weighted by molar-refractivity contribution is -0.137.